The first-order valence-electron chi connectivity index (χ1n) is 11.9. The van der Waals surface area contributed by atoms with Gasteiger partial charge < -0.3 is 42.8 Å². The number of carbonyl (C=O) groups is 3. The molecule has 0 bridgehead atoms. The van der Waals surface area contributed by atoms with Crippen LogP contribution in [-0.4, -0.2) is 55.9 Å². The lowest BCUT2D eigenvalue weighted by Crippen LogP contribution is -2.33. The van der Waals surface area contributed by atoms with Crippen LogP contribution in [0.5, 0.6) is 0 Å². The Bertz CT molecular complexity index is 993. The molecule has 1 aromatic heterocycles. The summed E-state index contributed by atoms with van der Waals surface area (Å²) in [5, 5.41) is 27.3. The van der Waals surface area contributed by atoms with Crippen LogP contribution in [0.3, 0.4) is 0 Å². The van der Waals surface area contributed by atoms with Crippen LogP contribution >= 0.6 is 0 Å². The summed E-state index contributed by atoms with van der Waals surface area (Å²) in [7, 11) is 0. The summed E-state index contributed by atoms with van der Waals surface area (Å²) >= 11 is 0. The Morgan fingerprint density at radius 2 is 1.40 bits per heavy atom. The molecule has 1 aliphatic carbocycles. The van der Waals surface area contributed by atoms with E-state index in [9.17, 15) is 24.3 Å². The van der Waals surface area contributed by atoms with Gasteiger partial charge in [-0.2, -0.15) is 0 Å². The minimum Gasteiger partial charge on any atom is -0.480 e. The normalized spacial score (nSPS) is 17.5. The lowest BCUT2D eigenvalue weighted by molar-refractivity contribution is -0.139. The van der Waals surface area contributed by atoms with Gasteiger partial charge in [-0.3, -0.25) is 19.2 Å². The van der Waals surface area contributed by atoms with E-state index in [-0.39, 0.29) is 30.7 Å². The Morgan fingerprint density at radius 3 is 1.97 bits per heavy atom. The van der Waals surface area contributed by atoms with Crippen LogP contribution in [0.25, 0.3) is 0 Å². The van der Waals surface area contributed by atoms with Gasteiger partial charge in [0.1, 0.15) is 18.1 Å². The average molecular weight is 496 g/mol. The maximum absolute atomic E-state index is 13.4. The number of rotatable bonds is 15. The molecule has 0 radical (unpaired) electrons. The molecule has 196 valence electrons. The second kappa shape index (κ2) is 12.8. The van der Waals surface area contributed by atoms with Crippen molar-refractivity contribution >= 4 is 17.9 Å². The maximum atomic E-state index is 13.4. The van der Waals surface area contributed by atoms with Crippen LogP contribution in [-0.2, 0) is 40.2 Å². The van der Waals surface area contributed by atoms with Gasteiger partial charge in [0.15, 0.2) is 5.43 Å². The summed E-state index contributed by atoms with van der Waals surface area (Å²) in [6.07, 6.45) is 3.78. The molecule has 1 heterocycles. The predicted molar refractivity (Wildman–Crippen MR) is 128 cm³/mol. The highest BCUT2D eigenvalue weighted by Gasteiger charge is 2.30. The Hall–Kier alpha value is -2.80. The first-order chi connectivity index (χ1) is 16.5. The molecular formula is C23H37N5O7. The second-order valence-electron chi connectivity index (χ2n) is 9.18. The average Bonchev–Trinajstić information content (AvgIpc) is 3.18. The van der Waals surface area contributed by atoms with Gasteiger partial charge in [0, 0.05) is 35.1 Å². The number of aromatic nitrogens is 1. The van der Waals surface area contributed by atoms with E-state index < -0.39 is 36.0 Å². The minimum atomic E-state index is -1.16. The molecule has 12 heteroatoms. The standard InChI is InChI=1S/C23H37N5O7/c24-14-9-8-13-19(14)28(11-2-1-4-15(25)21(30)31)18(6-3-5-16(26)22(32)33)12(20(13)29)7-10-17(27)23(34)35/h14-17H,1-11,24-27H2,(H,30,31)(H,32,33)(H,34,35). The van der Waals surface area contributed by atoms with Gasteiger partial charge in [0.25, 0.3) is 0 Å². The van der Waals surface area contributed by atoms with E-state index in [4.69, 9.17) is 33.1 Å². The zero-order valence-electron chi connectivity index (χ0n) is 19.8. The Labute approximate surface area is 203 Å². The van der Waals surface area contributed by atoms with Gasteiger partial charge in [0.2, 0.25) is 0 Å². The number of aliphatic carboxylic acids is 3. The summed E-state index contributed by atoms with van der Waals surface area (Å²) < 4.78 is 1.99. The Morgan fingerprint density at radius 1 is 0.857 bits per heavy atom. The van der Waals surface area contributed by atoms with Gasteiger partial charge in [-0.25, -0.2) is 0 Å². The number of carboxylic acids is 3. The number of nitrogens with two attached hydrogens (primary N) is 4. The number of unbranched alkanes of at least 4 members (excludes halogenated alkanes) is 1. The highest BCUT2D eigenvalue weighted by atomic mass is 16.4. The summed E-state index contributed by atoms with van der Waals surface area (Å²) in [6, 6.07) is -3.45. The molecule has 0 aliphatic heterocycles. The number of nitrogens with zero attached hydrogens (tertiary/aromatic N) is 1. The molecule has 4 atom stereocenters. The molecular weight excluding hydrogens is 458 g/mol. The van der Waals surface area contributed by atoms with Crippen molar-refractivity contribution in [2.24, 2.45) is 22.9 Å². The van der Waals surface area contributed by atoms with Crippen LogP contribution in [0.2, 0.25) is 0 Å². The van der Waals surface area contributed by atoms with Gasteiger partial charge in [-0.05, 0) is 64.2 Å². The van der Waals surface area contributed by atoms with Gasteiger partial charge in [-0.1, -0.05) is 0 Å². The fourth-order valence-corrected chi connectivity index (χ4v) is 4.60. The zero-order valence-corrected chi connectivity index (χ0v) is 19.8. The third-order valence-corrected chi connectivity index (χ3v) is 6.61. The van der Waals surface area contributed by atoms with Crippen molar-refractivity contribution in [3.8, 4) is 0 Å². The van der Waals surface area contributed by atoms with Crippen molar-refractivity contribution in [2.75, 3.05) is 0 Å². The first-order valence-corrected chi connectivity index (χ1v) is 11.9. The van der Waals surface area contributed by atoms with E-state index >= 15 is 0 Å². The van der Waals surface area contributed by atoms with E-state index in [1.807, 2.05) is 4.57 Å². The van der Waals surface area contributed by atoms with E-state index in [1.54, 1.807) is 0 Å². The number of hydrogen-bond acceptors (Lipinski definition) is 8. The Kier molecular flexibility index (Phi) is 10.4. The van der Waals surface area contributed by atoms with Crippen molar-refractivity contribution in [3.05, 3.63) is 32.7 Å². The molecule has 0 spiro atoms. The molecule has 11 N–H and O–H groups in total. The van der Waals surface area contributed by atoms with Gasteiger partial charge in [-0.15, -0.1) is 0 Å². The molecule has 0 amide bonds. The minimum absolute atomic E-state index is 0.0739. The number of fused-ring (bicyclic) bond motifs is 1. The molecule has 35 heavy (non-hydrogen) atoms. The fraction of sp³-hybridized carbons (Fsp3) is 0.652. The number of carboxylic acid groups (broad SMARTS) is 3. The van der Waals surface area contributed by atoms with Crippen molar-refractivity contribution in [1.82, 2.24) is 4.57 Å². The summed E-state index contributed by atoms with van der Waals surface area (Å²) in [6.45, 7) is 0.473. The van der Waals surface area contributed by atoms with E-state index in [2.05, 4.69) is 0 Å². The SMILES string of the molecule is NC(CCCCn1c(CCCC(N)C(=O)O)c(CCC(N)C(=O)O)c(=O)c2c1C(N)CC2)C(=O)O. The zero-order chi connectivity index (χ0) is 26.3. The van der Waals surface area contributed by atoms with Crippen molar-refractivity contribution in [1.29, 1.82) is 0 Å². The van der Waals surface area contributed by atoms with Crippen molar-refractivity contribution < 1.29 is 29.7 Å². The van der Waals surface area contributed by atoms with Crippen LogP contribution in [0.4, 0.5) is 0 Å². The summed E-state index contributed by atoms with van der Waals surface area (Å²) in [5.41, 5.74) is 25.7. The molecule has 0 saturated heterocycles. The lowest BCUT2D eigenvalue weighted by atomic mass is 9.96. The molecule has 2 rings (SSSR count). The van der Waals surface area contributed by atoms with Crippen LogP contribution in [0.15, 0.2) is 4.79 Å². The topological polar surface area (TPSA) is 238 Å². The van der Waals surface area contributed by atoms with Crippen molar-refractivity contribution in [2.45, 2.75) is 94.9 Å². The highest BCUT2D eigenvalue weighted by molar-refractivity contribution is 5.73. The first kappa shape index (κ1) is 28.4. The van der Waals surface area contributed by atoms with E-state index in [1.165, 1.54) is 0 Å². The third kappa shape index (κ3) is 7.34. The maximum Gasteiger partial charge on any atom is 0.320 e. The second-order valence-corrected chi connectivity index (χ2v) is 9.18. The summed E-state index contributed by atoms with van der Waals surface area (Å²) in [5.74, 6) is -3.33. The Balaban J connectivity index is 2.41. The number of pyridine rings is 1. The largest absolute Gasteiger partial charge is 0.480 e. The van der Waals surface area contributed by atoms with Crippen LogP contribution in [0, 0.1) is 0 Å². The van der Waals surface area contributed by atoms with E-state index in [0.29, 0.717) is 68.3 Å². The molecule has 0 fully saturated rings. The lowest BCUT2D eigenvalue weighted by Gasteiger charge is -2.24. The quantitative estimate of drug-likeness (QED) is 0.152. The fourth-order valence-electron chi connectivity index (χ4n) is 4.60. The molecule has 0 saturated carbocycles. The molecule has 0 aromatic carbocycles. The van der Waals surface area contributed by atoms with Gasteiger partial charge >= 0.3 is 17.9 Å². The third-order valence-electron chi connectivity index (χ3n) is 6.61. The molecule has 12 nitrogen and oxygen atoms in total. The molecule has 1 aromatic rings. The van der Waals surface area contributed by atoms with Crippen LogP contribution < -0.4 is 28.4 Å². The van der Waals surface area contributed by atoms with Crippen LogP contribution in [0.1, 0.15) is 73.5 Å². The van der Waals surface area contributed by atoms with Crippen molar-refractivity contribution in [3.63, 3.8) is 0 Å². The molecule has 4 unspecified atom stereocenters. The van der Waals surface area contributed by atoms with E-state index in [0.717, 1.165) is 5.69 Å². The monoisotopic (exact) mass is 495 g/mol. The highest BCUT2D eigenvalue weighted by Crippen LogP contribution is 2.31. The predicted octanol–water partition coefficient (Wildman–Crippen LogP) is -0.544. The smallest absolute Gasteiger partial charge is 0.320 e. The summed E-state index contributed by atoms with van der Waals surface area (Å²) in [4.78, 5) is 46.8. The molecule has 1 aliphatic rings. The number of hydrogen-bond donors (Lipinski definition) is 7. The van der Waals surface area contributed by atoms with Gasteiger partial charge in [0.05, 0.1) is 0 Å².